The molecule has 0 aliphatic rings. The predicted octanol–water partition coefficient (Wildman–Crippen LogP) is 13.2. The van der Waals surface area contributed by atoms with E-state index in [2.05, 4.69) is 21.3 Å². The molecule has 0 bridgehead atoms. The SMILES string of the molecule is O=C(Nc1cccc(NC(=O)Nc2cc(C(F)(F)F)ccc2Oc2ccc(Cl)c(Cl)c2)c1)Nc1cc(C(F)(F)F)ccc1Oc1ccc(Cl)c(Cl)c1. The molecule has 4 amide bonds. The number of urea groups is 2. The van der Waals surface area contributed by atoms with E-state index in [1.807, 2.05) is 0 Å². The van der Waals surface area contributed by atoms with Crippen molar-refractivity contribution in [2.45, 2.75) is 12.4 Å². The lowest BCUT2D eigenvalue weighted by Crippen LogP contribution is -2.22. The first kappa shape index (κ1) is 38.2. The second-order valence-electron chi connectivity index (χ2n) is 10.5. The van der Waals surface area contributed by atoms with Crippen LogP contribution in [0.25, 0.3) is 0 Å². The summed E-state index contributed by atoms with van der Waals surface area (Å²) in [7, 11) is 0. The van der Waals surface area contributed by atoms with Gasteiger partial charge in [-0.3, -0.25) is 0 Å². The number of halogens is 10. The molecule has 0 unspecified atom stereocenters. The quantitative estimate of drug-likeness (QED) is 0.117. The van der Waals surface area contributed by atoms with Crippen LogP contribution in [-0.4, -0.2) is 12.1 Å². The van der Waals surface area contributed by atoms with Gasteiger partial charge in [0.2, 0.25) is 0 Å². The number of anilines is 4. The Morgan fingerprint density at radius 3 is 1.25 bits per heavy atom. The van der Waals surface area contributed by atoms with Gasteiger partial charge in [0.05, 0.1) is 42.6 Å². The fraction of sp³-hybridized carbons (Fsp3) is 0.0588. The summed E-state index contributed by atoms with van der Waals surface area (Å²) in [6, 6.07) is 16.7. The van der Waals surface area contributed by atoms with Gasteiger partial charge in [-0.1, -0.05) is 52.5 Å². The van der Waals surface area contributed by atoms with Crippen molar-refractivity contribution in [3.63, 3.8) is 0 Å². The van der Waals surface area contributed by atoms with Gasteiger partial charge in [-0.2, -0.15) is 26.3 Å². The summed E-state index contributed by atoms with van der Waals surface area (Å²) in [6.45, 7) is 0. The van der Waals surface area contributed by atoms with Crippen LogP contribution < -0.4 is 30.7 Å². The Labute approximate surface area is 310 Å². The maximum Gasteiger partial charge on any atom is 0.416 e. The van der Waals surface area contributed by atoms with Crippen molar-refractivity contribution in [1.82, 2.24) is 0 Å². The van der Waals surface area contributed by atoms with E-state index >= 15 is 0 Å². The van der Waals surface area contributed by atoms with Crippen molar-refractivity contribution in [3.8, 4) is 23.0 Å². The van der Waals surface area contributed by atoms with Gasteiger partial charge >= 0.3 is 24.4 Å². The van der Waals surface area contributed by atoms with Crippen molar-refractivity contribution in [2.24, 2.45) is 0 Å². The van der Waals surface area contributed by atoms with Crippen LogP contribution in [0.1, 0.15) is 11.1 Å². The summed E-state index contributed by atoms with van der Waals surface area (Å²) in [5.74, 6) is -0.0859. The third kappa shape index (κ3) is 10.1. The minimum absolute atomic E-state index is 0.0666. The molecule has 52 heavy (non-hydrogen) atoms. The summed E-state index contributed by atoms with van der Waals surface area (Å²) >= 11 is 23.8. The van der Waals surface area contributed by atoms with E-state index in [0.29, 0.717) is 12.1 Å². The van der Waals surface area contributed by atoms with Crippen molar-refractivity contribution in [1.29, 1.82) is 0 Å². The number of nitrogens with one attached hydrogen (secondary N) is 4. The Morgan fingerprint density at radius 2 is 0.885 bits per heavy atom. The van der Waals surface area contributed by atoms with Crippen LogP contribution in [0, 0.1) is 0 Å². The second kappa shape index (κ2) is 15.7. The van der Waals surface area contributed by atoms with Crippen molar-refractivity contribution >= 4 is 81.2 Å². The maximum absolute atomic E-state index is 13.5. The third-order valence-electron chi connectivity index (χ3n) is 6.73. The van der Waals surface area contributed by atoms with Gasteiger partial charge in [-0.25, -0.2) is 9.59 Å². The zero-order valence-electron chi connectivity index (χ0n) is 25.7. The van der Waals surface area contributed by atoms with Crippen LogP contribution >= 0.6 is 46.4 Å². The molecular formula is C34H20Cl4F6N4O4. The van der Waals surface area contributed by atoms with Crippen LogP contribution in [-0.2, 0) is 12.4 Å². The van der Waals surface area contributed by atoms with E-state index in [9.17, 15) is 35.9 Å². The van der Waals surface area contributed by atoms with Gasteiger partial charge in [0.1, 0.15) is 11.5 Å². The van der Waals surface area contributed by atoms with Gasteiger partial charge < -0.3 is 30.7 Å². The number of hydrogen-bond acceptors (Lipinski definition) is 4. The summed E-state index contributed by atoms with van der Waals surface area (Å²) in [5.41, 5.74) is -2.73. The van der Waals surface area contributed by atoms with Crippen molar-refractivity contribution < 1.29 is 45.4 Å². The van der Waals surface area contributed by atoms with Crippen LogP contribution in [0.4, 0.5) is 58.7 Å². The fourth-order valence-electron chi connectivity index (χ4n) is 4.36. The molecule has 0 heterocycles. The highest BCUT2D eigenvalue weighted by Crippen LogP contribution is 2.40. The first-order valence-electron chi connectivity index (χ1n) is 14.4. The second-order valence-corrected chi connectivity index (χ2v) is 12.1. The highest BCUT2D eigenvalue weighted by Gasteiger charge is 2.32. The Balaban J connectivity index is 1.31. The molecule has 5 rings (SSSR count). The Bertz CT molecular complexity index is 2000. The van der Waals surface area contributed by atoms with E-state index in [4.69, 9.17) is 55.9 Å². The molecule has 0 saturated heterocycles. The number of hydrogen-bond donors (Lipinski definition) is 4. The lowest BCUT2D eigenvalue weighted by molar-refractivity contribution is -0.138. The van der Waals surface area contributed by atoms with Crippen molar-refractivity contribution in [2.75, 3.05) is 21.3 Å². The van der Waals surface area contributed by atoms with Gasteiger partial charge in [0, 0.05) is 23.5 Å². The molecular weight excluding hydrogens is 784 g/mol. The van der Waals surface area contributed by atoms with Gasteiger partial charge in [0.15, 0.2) is 11.5 Å². The standard InChI is InChI=1S/C34H20Cl4F6N4O4/c35-23-8-6-21(15-25(23)37)51-29-10-4-17(33(39,40)41)12-27(29)47-31(49)45-19-2-1-3-20(14-19)46-32(50)48-28-13-18(34(42,43)44)5-11-30(28)52-22-7-9-24(36)26(38)16-22/h1-16H,(H2,45,47,49)(H2,46,48,50). The number of carbonyl (C=O) groups is 2. The summed E-state index contributed by atoms with van der Waals surface area (Å²) in [5, 5.41) is 10.1. The van der Waals surface area contributed by atoms with E-state index in [1.165, 1.54) is 60.7 Å². The molecule has 18 heteroatoms. The Hall–Kier alpha value is -5.02. The number of rotatable bonds is 8. The largest absolute Gasteiger partial charge is 0.455 e. The number of ether oxygens (including phenoxy) is 2. The maximum atomic E-state index is 13.5. The molecule has 5 aromatic carbocycles. The number of amides is 4. The third-order valence-corrected chi connectivity index (χ3v) is 8.20. The normalized spacial score (nSPS) is 11.4. The molecule has 8 nitrogen and oxygen atoms in total. The predicted molar refractivity (Wildman–Crippen MR) is 188 cm³/mol. The van der Waals surface area contributed by atoms with E-state index in [0.717, 1.165) is 24.3 Å². The lowest BCUT2D eigenvalue weighted by Gasteiger charge is -2.17. The molecule has 0 aliphatic carbocycles. The molecule has 0 fully saturated rings. The minimum Gasteiger partial charge on any atom is -0.455 e. The van der Waals surface area contributed by atoms with E-state index < -0.39 is 35.5 Å². The zero-order valence-corrected chi connectivity index (χ0v) is 28.7. The number of carbonyl (C=O) groups excluding carboxylic acids is 2. The molecule has 0 radical (unpaired) electrons. The van der Waals surface area contributed by atoms with Gasteiger partial charge in [-0.05, 0) is 78.9 Å². The smallest absolute Gasteiger partial charge is 0.416 e. The van der Waals surface area contributed by atoms with Gasteiger partial charge in [-0.15, -0.1) is 0 Å². The fourth-order valence-corrected chi connectivity index (χ4v) is 4.94. The molecule has 270 valence electrons. The van der Waals surface area contributed by atoms with Crippen LogP contribution in [0.2, 0.25) is 20.1 Å². The average Bonchev–Trinajstić information content (AvgIpc) is 3.05. The molecule has 0 aliphatic heterocycles. The Kier molecular flexibility index (Phi) is 11.5. The number of benzene rings is 5. The number of alkyl halides is 6. The van der Waals surface area contributed by atoms with Crippen LogP contribution in [0.3, 0.4) is 0 Å². The van der Waals surface area contributed by atoms with E-state index in [1.54, 1.807) is 0 Å². The monoisotopic (exact) mass is 802 g/mol. The van der Waals surface area contributed by atoms with Crippen molar-refractivity contribution in [3.05, 3.63) is 128 Å². The highest BCUT2D eigenvalue weighted by atomic mass is 35.5. The highest BCUT2D eigenvalue weighted by molar-refractivity contribution is 6.42. The van der Waals surface area contributed by atoms with Gasteiger partial charge in [0.25, 0.3) is 0 Å². The lowest BCUT2D eigenvalue weighted by atomic mass is 10.1. The molecule has 0 aromatic heterocycles. The average molecular weight is 804 g/mol. The van der Waals surface area contributed by atoms with E-state index in [-0.39, 0.29) is 65.8 Å². The molecule has 0 atom stereocenters. The topological polar surface area (TPSA) is 101 Å². The van der Waals surface area contributed by atoms with Crippen LogP contribution in [0.5, 0.6) is 23.0 Å². The first-order chi connectivity index (χ1) is 24.4. The molecule has 4 N–H and O–H groups in total. The summed E-state index contributed by atoms with van der Waals surface area (Å²) < 4.78 is 92.4. The molecule has 5 aromatic rings. The first-order valence-corrected chi connectivity index (χ1v) is 15.9. The molecule has 0 saturated carbocycles. The zero-order chi connectivity index (χ0) is 37.8. The minimum atomic E-state index is -4.75. The summed E-state index contributed by atoms with van der Waals surface area (Å²) in [6.07, 6.45) is -9.50. The summed E-state index contributed by atoms with van der Waals surface area (Å²) in [4.78, 5) is 25.9. The van der Waals surface area contributed by atoms with Crippen LogP contribution in [0.15, 0.2) is 97.1 Å². The Morgan fingerprint density at radius 1 is 0.481 bits per heavy atom. The molecule has 0 spiro atoms.